The Kier molecular flexibility index (Phi) is 6.26. The Morgan fingerprint density at radius 3 is 2.48 bits per heavy atom. The molecule has 130 valence electrons. The Labute approximate surface area is 132 Å². The van der Waals surface area contributed by atoms with E-state index in [2.05, 4.69) is 10.1 Å². The normalized spacial score (nSPS) is 13.3. The number of benzene rings is 1. The summed E-state index contributed by atoms with van der Waals surface area (Å²) in [6.45, 7) is 4.98. The molecule has 0 radical (unpaired) electrons. The van der Waals surface area contributed by atoms with Gasteiger partial charge in [-0.15, -0.1) is 13.2 Å². The van der Waals surface area contributed by atoms with Crippen LogP contribution in [-0.4, -0.2) is 29.7 Å². The molecule has 0 aliphatic heterocycles. The zero-order valence-corrected chi connectivity index (χ0v) is 13.1. The van der Waals surface area contributed by atoms with Crippen LogP contribution in [0.4, 0.5) is 18.0 Å². The van der Waals surface area contributed by atoms with E-state index in [0.717, 1.165) is 12.1 Å². The first kappa shape index (κ1) is 19.1. The third-order valence-corrected chi connectivity index (χ3v) is 2.58. The largest absolute Gasteiger partial charge is 0.573 e. The molecule has 2 N–H and O–H groups in total. The summed E-state index contributed by atoms with van der Waals surface area (Å²) in [6, 6.07) is 5.11. The highest BCUT2D eigenvalue weighted by atomic mass is 19.4. The minimum Gasteiger partial charge on any atom is -0.441 e. The third-order valence-electron chi connectivity index (χ3n) is 2.58. The van der Waals surface area contributed by atoms with E-state index in [-0.39, 0.29) is 13.0 Å². The van der Waals surface area contributed by atoms with Gasteiger partial charge in [0.1, 0.15) is 11.9 Å². The molecule has 0 saturated heterocycles. The van der Waals surface area contributed by atoms with Gasteiger partial charge in [-0.2, -0.15) is 0 Å². The number of carbonyl (C=O) groups excluding carboxylic acids is 1. The average Bonchev–Trinajstić information content (AvgIpc) is 2.34. The lowest BCUT2D eigenvalue weighted by Crippen LogP contribution is -2.41. The Morgan fingerprint density at radius 2 is 1.96 bits per heavy atom. The molecule has 1 aromatic carbocycles. The van der Waals surface area contributed by atoms with E-state index in [1.54, 1.807) is 20.8 Å². The summed E-state index contributed by atoms with van der Waals surface area (Å²) in [5.41, 5.74) is -0.230. The lowest BCUT2D eigenvalue weighted by atomic mass is 10.1. The van der Waals surface area contributed by atoms with Gasteiger partial charge in [-0.3, -0.25) is 0 Å². The molecular weight excluding hydrogens is 315 g/mol. The topological polar surface area (TPSA) is 67.8 Å². The van der Waals surface area contributed by atoms with E-state index >= 15 is 0 Å². The van der Waals surface area contributed by atoms with Gasteiger partial charge in [0, 0.05) is 18.6 Å². The van der Waals surface area contributed by atoms with Crippen molar-refractivity contribution in [2.45, 2.75) is 45.2 Å². The van der Waals surface area contributed by atoms with Gasteiger partial charge in [0.25, 0.3) is 0 Å². The number of hydrogen-bond donors (Lipinski definition) is 2. The summed E-state index contributed by atoms with van der Waals surface area (Å²) in [7, 11) is 0. The van der Waals surface area contributed by atoms with Crippen LogP contribution in [0.3, 0.4) is 0 Å². The van der Waals surface area contributed by atoms with Crippen LogP contribution in [0.5, 0.6) is 5.75 Å². The summed E-state index contributed by atoms with van der Waals surface area (Å²) in [6.07, 6.45) is -6.37. The zero-order valence-electron chi connectivity index (χ0n) is 13.1. The van der Waals surface area contributed by atoms with Crippen LogP contribution in [0.15, 0.2) is 24.3 Å². The van der Waals surface area contributed by atoms with Gasteiger partial charge in [-0.1, -0.05) is 12.1 Å². The van der Waals surface area contributed by atoms with Crippen LogP contribution in [0.1, 0.15) is 38.9 Å². The first-order valence-electron chi connectivity index (χ1n) is 6.95. The van der Waals surface area contributed by atoms with Crippen molar-refractivity contribution in [2.75, 3.05) is 6.61 Å². The van der Waals surface area contributed by atoms with Crippen LogP contribution >= 0.6 is 0 Å². The van der Waals surface area contributed by atoms with E-state index < -0.39 is 29.8 Å². The van der Waals surface area contributed by atoms with Gasteiger partial charge < -0.3 is 19.9 Å². The number of nitrogens with one attached hydrogen (secondary N) is 1. The summed E-state index contributed by atoms with van der Waals surface area (Å²) in [5, 5.41) is 11.7. The molecule has 0 spiro atoms. The molecule has 1 aromatic rings. The summed E-state index contributed by atoms with van der Waals surface area (Å²) in [5.74, 6) is -0.419. The second kappa shape index (κ2) is 7.54. The molecule has 1 amide bonds. The number of alkyl halides is 3. The summed E-state index contributed by atoms with van der Waals surface area (Å²) < 4.78 is 45.8. The minimum absolute atomic E-state index is 0.0486. The van der Waals surface area contributed by atoms with E-state index in [4.69, 9.17) is 9.84 Å². The van der Waals surface area contributed by atoms with Crippen molar-refractivity contribution in [2.24, 2.45) is 0 Å². The molecule has 0 bridgehead atoms. The Bertz CT molecular complexity index is 526. The van der Waals surface area contributed by atoms with Crippen LogP contribution in [-0.2, 0) is 4.74 Å². The van der Waals surface area contributed by atoms with Crippen molar-refractivity contribution in [3.8, 4) is 5.75 Å². The van der Waals surface area contributed by atoms with Crippen molar-refractivity contribution in [1.29, 1.82) is 0 Å². The molecule has 0 saturated carbocycles. The van der Waals surface area contributed by atoms with Crippen molar-refractivity contribution in [1.82, 2.24) is 5.32 Å². The number of carbonyl (C=O) groups is 1. The molecule has 1 atom stereocenters. The molecule has 0 aliphatic rings. The number of hydrogen-bond acceptors (Lipinski definition) is 4. The number of aliphatic hydroxyl groups is 1. The molecule has 8 heteroatoms. The quantitative estimate of drug-likeness (QED) is 0.864. The fourth-order valence-electron chi connectivity index (χ4n) is 1.79. The third kappa shape index (κ3) is 7.73. The minimum atomic E-state index is -4.81. The molecule has 0 fully saturated rings. The highest BCUT2D eigenvalue weighted by Gasteiger charge is 2.31. The molecule has 23 heavy (non-hydrogen) atoms. The fourth-order valence-corrected chi connectivity index (χ4v) is 1.79. The number of ether oxygens (including phenoxy) is 2. The molecular formula is C15H20F3NO4. The van der Waals surface area contributed by atoms with Crippen molar-refractivity contribution in [3.05, 3.63) is 29.8 Å². The standard InChI is InChI=1S/C15H20F3NO4/c1-14(2,3)19-13(21)22-12(7-8-20)10-5-4-6-11(9-10)23-15(16,17)18/h4-6,9,12,20H,7-8H2,1-3H3,(H,19,21)/t12-/m0/s1. The van der Waals surface area contributed by atoms with Crippen LogP contribution < -0.4 is 10.1 Å². The Hall–Kier alpha value is -1.96. The lowest BCUT2D eigenvalue weighted by molar-refractivity contribution is -0.274. The maximum Gasteiger partial charge on any atom is 0.573 e. The van der Waals surface area contributed by atoms with E-state index in [0.29, 0.717) is 5.56 Å². The van der Waals surface area contributed by atoms with Crippen molar-refractivity contribution in [3.63, 3.8) is 0 Å². The van der Waals surface area contributed by atoms with Crippen LogP contribution in [0.2, 0.25) is 0 Å². The molecule has 0 aliphatic carbocycles. The van der Waals surface area contributed by atoms with E-state index in [9.17, 15) is 18.0 Å². The van der Waals surface area contributed by atoms with E-state index in [1.165, 1.54) is 12.1 Å². The number of alkyl carbamates (subject to hydrolysis) is 1. The Balaban J connectivity index is 2.88. The monoisotopic (exact) mass is 335 g/mol. The van der Waals surface area contributed by atoms with Gasteiger partial charge >= 0.3 is 12.5 Å². The maximum atomic E-state index is 12.3. The van der Waals surface area contributed by atoms with Gasteiger partial charge in [0.2, 0.25) is 0 Å². The van der Waals surface area contributed by atoms with Crippen molar-refractivity contribution < 1.29 is 32.5 Å². The highest BCUT2D eigenvalue weighted by molar-refractivity contribution is 5.68. The van der Waals surface area contributed by atoms with Gasteiger partial charge in [0.05, 0.1) is 0 Å². The first-order valence-corrected chi connectivity index (χ1v) is 6.95. The highest BCUT2D eigenvalue weighted by Crippen LogP contribution is 2.28. The van der Waals surface area contributed by atoms with Gasteiger partial charge in [0.15, 0.2) is 0 Å². The molecule has 0 heterocycles. The van der Waals surface area contributed by atoms with Crippen LogP contribution in [0.25, 0.3) is 0 Å². The van der Waals surface area contributed by atoms with E-state index in [1.807, 2.05) is 0 Å². The summed E-state index contributed by atoms with van der Waals surface area (Å²) in [4.78, 5) is 11.8. The zero-order chi connectivity index (χ0) is 17.7. The number of rotatable bonds is 5. The fraction of sp³-hybridized carbons (Fsp3) is 0.533. The number of amides is 1. The Morgan fingerprint density at radius 1 is 1.30 bits per heavy atom. The molecule has 5 nitrogen and oxygen atoms in total. The predicted molar refractivity (Wildman–Crippen MR) is 76.9 cm³/mol. The number of aliphatic hydroxyl groups excluding tert-OH is 1. The van der Waals surface area contributed by atoms with Gasteiger partial charge in [-0.25, -0.2) is 4.79 Å². The molecule has 0 unspecified atom stereocenters. The molecule has 1 rings (SSSR count). The smallest absolute Gasteiger partial charge is 0.441 e. The SMILES string of the molecule is CC(C)(C)NC(=O)O[C@@H](CCO)c1cccc(OC(F)(F)F)c1. The molecule has 0 aromatic heterocycles. The second-order valence-electron chi connectivity index (χ2n) is 5.90. The lowest BCUT2D eigenvalue weighted by Gasteiger charge is -2.24. The maximum absolute atomic E-state index is 12.3. The predicted octanol–water partition coefficient (Wildman–Crippen LogP) is 3.53. The number of halogens is 3. The van der Waals surface area contributed by atoms with Gasteiger partial charge in [-0.05, 0) is 38.5 Å². The summed E-state index contributed by atoms with van der Waals surface area (Å²) >= 11 is 0. The average molecular weight is 335 g/mol. The van der Waals surface area contributed by atoms with Crippen LogP contribution in [0, 0.1) is 0 Å². The second-order valence-corrected chi connectivity index (χ2v) is 5.90. The first-order chi connectivity index (χ1) is 10.5. The van der Waals surface area contributed by atoms with Crippen molar-refractivity contribution >= 4 is 6.09 Å².